The van der Waals surface area contributed by atoms with E-state index in [1.54, 1.807) is 36.4 Å². The summed E-state index contributed by atoms with van der Waals surface area (Å²) in [5.41, 5.74) is 6.88. The Morgan fingerprint density at radius 3 is 2.76 bits per heavy atom. The van der Waals surface area contributed by atoms with Gasteiger partial charge in [0.2, 0.25) is 11.8 Å². The van der Waals surface area contributed by atoms with Crippen molar-refractivity contribution in [3.8, 4) is 0 Å². The van der Waals surface area contributed by atoms with E-state index in [0.29, 0.717) is 35.6 Å². The van der Waals surface area contributed by atoms with Gasteiger partial charge in [-0.15, -0.1) is 11.3 Å². The van der Waals surface area contributed by atoms with Crippen LogP contribution in [0, 0.1) is 0 Å². The van der Waals surface area contributed by atoms with E-state index in [0.717, 1.165) is 4.88 Å². The summed E-state index contributed by atoms with van der Waals surface area (Å²) in [6.07, 6.45) is 0.894. The molecule has 25 heavy (non-hydrogen) atoms. The molecule has 3 amide bonds. The number of para-hydroxylation sites is 2. The van der Waals surface area contributed by atoms with Gasteiger partial charge in [-0.2, -0.15) is 0 Å². The third-order valence-corrected chi connectivity index (χ3v) is 4.93. The van der Waals surface area contributed by atoms with Gasteiger partial charge in [0.25, 0.3) is 5.91 Å². The van der Waals surface area contributed by atoms with Crippen molar-refractivity contribution in [3.63, 3.8) is 0 Å². The Bertz CT molecular complexity index is 818. The number of thiophene rings is 1. The van der Waals surface area contributed by atoms with Gasteiger partial charge >= 0.3 is 0 Å². The van der Waals surface area contributed by atoms with Crippen molar-refractivity contribution in [3.05, 3.63) is 46.2 Å². The van der Waals surface area contributed by atoms with Crippen LogP contribution in [-0.4, -0.2) is 23.8 Å². The van der Waals surface area contributed by atoms with Crippen LogP contribution in [-0.2, 0) is 16.1 Å². The Kier molecular flexibility index (Phi) is 4.99. The molecule has 1 aliphatic rings. The molecule has 3 rings (SSSR count). The molecule has 1 aliphatic heterocycles. The van der Waals surface area contributed by atoms with E-state index in [1.807, 2.05) is 0 Å². The van der Waals surface area contributed by atoms with Gasteiger partial charge in [0.05, 0.1) is 22.8 Å². The second-order valence-corrected chi connectivity index (χ2v) is 6.85. The zero-order valence-electron chi connectivity index (χ0n) is 13.4. The molecule has 1 aromatic carbocycles. The summed E-state index contributed by atoms with van der Waals surface area (Å²) in [6.45, 7) is 0.316. The number of carbonyl (C=O) groups excluding carboxylic acids is 3. The van der Waals surface area contributed by atoms with E-state index in [9.17, 15) is 14.4 Å². The number of rotatable bonds is 5. The summed E-state index contributed by atoms with van der Waals surface area (Å²) < 4.78 is 0. The van der Waals surface area contributed by atoms with E-state index < -0.39 is 6.04 Å². The highest BCUT2D eigenvalue weighted by atomic mass is 32.1. The summed E-state index contributed by atoms with van der Waals surface area (Å²) in [4.78, 5) is 36.8. The number of hydrogen-bond donors (Lipinski definition) is 4. The van der Waals surface area contributed by atoms with Crippen LogP contribution in [0.1, 0.15) is 27.4 Å². The van der Waals surface area contributed by atoms with Crippen molar-refractivity contribution >= 4 is 40.4 Å². The lowest BCUT2D eigenvalue weighted by Crippen LogP contribution is -2.41. The van der Waals surface area contributed by atoms with Crippen molar-refractivity contribution in [2.45, 2.75) is 25.4 Å². The number of amides is 3. The molecule has 0 bridgehead atoms. The molecule has 2 heterocycles. The van der Waals surface area contributed by atoms with E-state index in [-0.39, 0.29) is 17.7 Å². The van der Waals surface area contributed by atoms with Gasteiger partial charge in [0.1, 0.15) is 6.04 Å². The monoisotopic (exact) mass is 358 g/mol. The maximum absolute atomic E-state index is 12.3. The lowest BCUT2D eigenvalue weighted by Gasteiger charge is -2.09. The highest BCUT2D eigenvalue weighted by Gasteiger charge is 2.26. The highest BCUT2D eigenvalue weighted by molar-refractivity contribution is 7.14. The van der Waals surface area contributed by atoms with Crippen LogP contribution >= 0.6 is 11.3 Å². The summed E-state index contributed by atoms with van der Waals surface area (Å²) in [5, 5.41) is 8.17. The van der Waals surface area contributed by atoms with Crippen molar-refractivity contribution in [2.75, 3.05) is 11.1 Å². The van der Waals surface area contributed by atoms with Gasteiger partial charge in [-0.25, -0.2) is 0 Å². The van der Waals surface area contributed by atoms with Crippen molar-refractivity contribution < 1.29 is 14.4 Å². The molecule has 0 aliphatic carbocycles. The third-order valence-electron chi connectivity index (χ3n) is 3.84. The van der Waals surface area contributed by atoms with Crippen molar-refractivity contribution in [2.24, 2.45) is 0 Å². The molecule has 0 spiro atoms. The van der Waals surface area contributed by atoms with E-state index in [1.165, 1.54) is 11.3 Å². The molecule has 1 saturated heterocycles. The number of benzene rings is 1. The predicted octanol–water partition coefficient (Wildman–Crippen LogP) is 1.48. The van der Waals surface area contributed by atoms with E-state index in [2.05, 4.69) is 16.0 Å². The van der Waals surface area contributed by atoms with Crippen LogP contribution in [0.5, 0.6) is 0 Å². The molecule has 1 unspecified atom stereocenters. The second kappa shape index (κ2) is 7.35. The summed E-state index contributed by atoms with van der Waals surface area (Å²) in [5.74, 6) is -0.554. The molecule has 0 radical (unpaired) electrons. The average molecular weight is 358 g/mol. The van der Waals surface area contributed by atoms with Crippen LogP contribution in [0.25, 0.3) is 0 Å². The molecule has 7 nitrogen and oxygen atoms in total. The van der Waals surface area contributed by atoms with Crippen LogP contribution in [0.2, 0.25) is 0 Å². The maximum atomic E-state index is 12.3. The second-order valence-electron chi connectivity index (χ2n) is 5.68. The van der Waals surface area contributed by atoms with Crippen molar-refractivity contribution in [1.82, 2.24) is 10.6 Å². The van der Waals surface area contributed by atoms with E-state index in [4.69, 9.17) is 5.73 Å². The molecular formula is C17H18N4O3S. The minimum atomic E-state index is -0.462. The number of hydrogen-bond acceptors (Lipinski definition) is 5. The smallest absolute Gasteiger partial charge is 0.265 e. The molecule has 1 fully saturated rings. The fourth-order valence-electron chi connectivity index (χ4n) is 2.50. The normalized spacial score (nSPS) is 16.3. The number of nitrogens with two attached hydrogens (primary N) is 1. The zero-order chi connectivity index (χ0) is 17.8. The molecule has 1 aromatic heterocycles. The lowest BCUT2D eigenvalue weighted by molar-refractivity contribution is -0.125. The fourth-order valence-corrected chi connectivity index (χ4v) is 3.34. The molecule has 130 valence electrons. The predicted molar refractivity (Wildman–Crippen MR) is 96.1 cm³/mol. The topological polar surface area (TPSA) is 113 Å². The maximum Gasteiger partial charge on any atom is 0.265 e. The number of nitrogens with one attached hydrogen (secondary N) is 3. The number of carbonyl (C=O) groups is 3. The van der Waals surface area contributed by atoms with Gasteiger partial charge in [0, 0.05) is 11.3 Å². The Hall–Kier alpha value is -2.87. The lowest BCUT2D eigenvalue weighted by atomic mass is 10.2. The molecule has 2 aromatic rings. The first-order valence-corrected chi connectivity index (χ1v) is 8.66. The van der Waals surface area contributed by atoms with Crippen LogP contribution in [0.15, 0.2) is 36.4 Å². The molecule has 0 saturated carbocycles. The van der Waals surface area contributed by atoms with Crippen LogP contribution in [0.4, 0.5) is 11.4 Å². The zero-order valence-corrected chi connectivity index (χ0v) is 14.2. The summed E-state index contributed by atoms with van der Waals surface area (Å²) in [6, 6.07) is 10.1. The van der Waals surface area contributed by atoms with Gasteiger partial charge in [-0.1, -0.05) is 12.1 Å². The Balaban J connectivity index is 1.55. The minimum Gasteiger partial charge on any atom is -0.397 e. The van der Waals surface area contributed by atoms with Gasteiger partial charge in [-0.05, 0) is 30.7 Å². The minimum absolute atomic E-state index is 0.101. The fraction of sp³-hybridized carbons (Fsp3) is 0.235. The number of nitrogen functional groups attached to an aromatic ring is 1. The van der Waals surface area contributed by atoms with Crippen LogP contribution in [0.3, 0.4) is 0 Å². The molecule has 8 heteroatoms. The molecule has 5 N–H and O–H groups in total. The van der Waals surface area contributed by atoms with Gasteiger partial charge in [0.15, 0.2) is 0 Å². The quantitative estimate of drug-likeness (QED) is 0.606. The standard InChI is InChI=1S/C17H18N4O3S/c18-11-3-1-2-4-12(11)21-17(24)14-7-5-10(25-14)9-19-16(23)13-6-8-15(22)20-13/h1-5,7,13H,6,8-9,18H2,(H,19,23)(H,20,22)(H,21,24). The summed E-state index contributed by atoms with van der Waals surface area (Å²) in [7, 11) is 0. The molecular weight excluding hydrogens is 340 g/mol. The first-order chi connectivity index (χ1) is 12.0. The van der Waals surface area contributed by atoms with Gasteiger partial charge in [-0.3, -0.25) is 14.4 Å². The number of anilines is 2. The summed E-state index contributed by atoms with van der Waals surface area (Å²) >= 11 is 1.30. The Morgan fingerprint density at radius 1 is 1.24 bits per heavy atom. The first kappa shape index (κ1) is 17.0. The molecule has 1 atom stereocenters. The Morgan fingerprint density at radius 2 is 2.04 bits per heavy atom. The van der Waals surface area contributed by atoms with Gasteiger partial charge < -0.3 is 21.7 Å². The largest absolute Gasteiger partial charge is 0.397 e. The van der Waals surface area contributed by atoms with Crippen molar-refractivity contribution in [1.29, 1.82) is 0 Å². The SMILES string of the molecule is Nc1ccccc1NC(=O)c1ccc(CNC(=O)C2CCC(=O)N2)s1. The average Bonchev–Trinajstić information content (AvgIpc) is 3.24. The van der Waals surface area contributed by atoms with Crippen LogP contribution < -0.4 is 21.7 Å². The highest BCUT2D eigenvalue weighted by Crippen LogP contribution is 2.21. The first-order valence-electron chi connectivity index (χ1n) is 7.84. The third kappa shape index (κ3) is 4.16. The van der Waals surface area contributed by atoms with E-state index >= 15 is 0 Å². The Labute approximate surface area is 148 Å².